The number of nitrogens with one attached hydrogen (secondary N) is 1. The summed E-state index contributed by atoms with van der Waals surface area (Å²) < 4.78 is 31.8. The van der Waals surface area contributed by atoms with E-state index in [2.05, 4.69) is 12.2 Å². The van der Waals surface area contributed by atoms with Crippen molar-refractivity contribution in [3.8, 4) is 11.5 Å². The zero-order valence-corrected chi connectivity index (χ0v) is 20.0. The molecule has 3 aromatic carbocycles. The van der Waals surface area contributed by atoms with Gasteiger partial charge in [0.05, 0.1) is 10.5 Å². The third-order valence-corrected chi connectivity index (χ3v) is 6.37. The minimum absolute atomic E-state index is 0.000693. The minimum Gasteiger partial charge on any atom is -0.508 e. The molecule has 184 valence electrons. The average molecular weight is 498 g/mol. The van der Waals surface area contributed by atoms with Gasteiger partial charge in [-0.25, -0.2) is 0 Å². The molecule has 8 nitrogen and oxygen atoms in total. The summed E-state index contributed by atoms with van der Waals surface area (Å²) in [5.41, 5.74) is 1.09. The molecule has 3 aromatic rings. The van der Waals surface area contributed by atoms with E-state index < -0.39 is 26.7 Å². The summed E-state index contributed by atoms with van der Waals surface area (Å²) >= 11 is 0. The van der Waals surface area contributed by atoms with E-state index in [1.807, 2.05) is 0 Å². The van der Waals surface area contributed by atoms with E-state index in [9.17, 15) is 32.8 Å². The Morgan fingerprint density at radius 3 is 2.29 bits per heavy atom. The summed E-state index contributed by atoms with van der Waals surface area (Å²) in [6, 6.07) is 13.6. The Bertz CT molecular complexity index is 1350. The van der Waals surface area contributed by atoms with Gasteiger partial charge in [0.1, 0.15) is 11.5 Å². The highest BCUT2D eigenvalue weighted by molar-refractivity contribution is 7.85. The lowest BCUT2D eigenvalue weighted by Gasteiger charge is -2.11. The van der Waals surface area contributed by atoms with Crippen molar-refractivity contribution in [2.24, 2.45) is 0 Å². The summed E-state index contributed by atoms with van der Waals surface area (Å²) in [5.74, 6) is -1.53. The normalized spacial score (nSPS) is 11.3. The average Bonchev–Trinajstić information content (AvgIpc) is 2.82. The van der Waals surface area contributed by atoms with Gasteiger partial charge in [-0.3, -0.25) is 14.1 Å². The fraction of sp³-hybridized carbons (Fsp3) is 0.231. The van der Waals surface area contributed by atoms with Gasteiger partial charge in [-0.2, -0.15) is 8.42 Å². The van der Waals surface area contributed by atoms with Gasteiger partial charge < -0.3 is 15.5 Å². The molecule has 3 rings (SSSR count). The molecule has 4 N–H and O–H groups in total. The quantitative estimate of drug-likeness (QED) is 0.176. The van der Waals surface area contributed by atoms with Crippen molar-refractivity contribution >= 4 is 27.5 Å². The van der Waals surface area contributed by atoms with E-state index in [0.717, 1.165) is 43.9 Å². The van der Waals surface area contributed by atoms with Crippen molar-refractivity contribution in [3.63, 3.8) is 0 Å². The molecule has 0 saturated heterocycles. The van der Waals surface area contributed by atoms with Crippen LogP contribution in [0.5, 0.6) is 11.5 Å². The number of phenolic OH excluding ortho intramolecular Hbond substituents is 2. The number of aromatic hydroxyl groups is 2. The standard InChI is InChI=1S/C26H27NO7S/c1-2-3-4-5-8-17-15-22(24(29)16-23(17)28)25(30)18-9-6-11-20(13-18)27-26(31)19-10-7-12-21(14-19)35(32,33)34/h6-7,9-16,28-29H,2-5,8H2,1H3,(H,27,31)(H,32,33,34). The first-order chi connectivity index (χ1) is 16.6. The maximum absolute atomic E-state index is 13.1. The lowest BCUT2D eigenvalue weighted by atomic mass is 9.97. The summed E-state index contributed by atoms with van der Waals surface area (Å²) in [5, 5.41) is 23.1. The van der Waals surface area contributed by atoms with E-state index in [1.54, 1.807) is 12.1 Å². The predicted molar refractivity (Wildman–Crippen MR) is 132 cm³/mol. The Morgan fingerprint density at radius 1 is 0.857 bits per heavy atom. The van der Waals surface area contributed by atoms with Crippen LogP contribution in [-0.2, 0) is 16.5 Å². The summed E-state index contributed by atoms with van der Waals surface area (Å²) in [6.45, 7) is 2.10. The number of amides is 1. The van der Waals surface area contributed by atoms with Crippen LogP contribution < -0.4 is 5.32 Å². The molecule has 0 bridgehead atoms. The van der Waals surface area contributed by atoms with Gasteiger partial charge in [-0.05, 0) is 54.8 Å². The number of benzene rings is 3. The maximum atomic E-state index is 13.1. The fourth-order valence-electron chi connectivity index (χ4n) is 3.64. The predicted octanol–water partition coefficient (Wildman–Crippen LogP) is 4.95. The number of hydrogen-bond donors (Lipinski definition) is 4. The van der Waals surface area contributed by atoms with Gasteiger partial charge in [-0.15, -0.1) is 0 Å². The first-order valence-electron chi connectivity index (χ1n) is 11.2. The van der Waals surface area contributed by atoms with Gasteiger partial charge in [-0.1, -0.05) is 44.4 Å². The molecule has 0 fully saturated rings. The summed E-state index contributed by atoms with van der Waals surface area (Å²) in [4.78, 5) is 25.3. The van der Waals surface area contributed by atoms with Crippen molar-refractivity contribution in [2.75, 3.05) is 5.32 Å². The Morgan fingerprint density at radius 2 is 1.57 bits per heavy atom. The molecule has 9 heteroatoms. The molecule has 0 radical (unpaired) electrons. The van der Waals surface area contributed by atoms with Crippen LogP contribution in [0.15, 0.2) is 65.6 Å². The van der Waals surface area contributed by atoms with E-state index in [4.69, 9.17) is 0 Å². The van der Waals surface area contributed by atoms with Crippen LogP contribution in [0.1, 0.15) is 64.4 Å². The second kappa shape index (κ2) is 11.2. The maximum Gasteiger partial charge on any atom is 0.294 e. The third kappa shape index (κ3) is 6.68. The largest absolute Gasteiger partial charge is 0.508 e. The van der Waals surface area contributed by atoms with Crippen LogP contribution in [0.2, 0.25) is 0 Å². The van der Waals surface area contributed by atoms with E-state index >= 15 is 0 Å². The van der Waals surface area contributed by atoms with Crippen molar-refractivity contribution in [1.82, 2.24) is 0 Å². The molecular weight excluding hydrogens is 470 g/mol. The summed E-state index contributed by atoms with van der Waals surface area (Å²) in [7, 11) is -4.47. The third-order valence-electron chi connectivity index (χ3n) is 5.52. The second-order valence-electron chi connectivity index (χ2n) is 8.18. The van der Waals surface area contributed by atoms with Gasteiger partial charge in [0.15, 0.2) is 5.78 Å². The highest BCUT2D eigenvalue weighted by Crippen LogP contribution is 2.31. The molecule has 0 aliphatic rings. The number of ketones is 1. The van der Waals surface area contributed by atoms with Crippen LogP contribution in [0.3, 0.4) is 0 Å². The van der Waals surface area contributed by atoms with Crippen molar-refractivity contribution in [2.45, 2.75) is 43.9 Å². The number of carbonyl (C=O) groups is 2. The van der Waals surface area contributed by atoms with Crippen LogP contribution in [0.4, 0.5) is 5.69 Å². The smallest absolute Gasteiger partial charge is 0.294 e. The van der Waals surface area contributed by atoms with Crippen molar-refractivity contribution in [3.05, 3.63) is 82.9 Å². The lowest BCUT2D eigenvalue weighted by molar-refractivity contribution is 0.102. The molecule has 0 spiro atoms. The topological polar surface area (TPSA) is 141 Å². The van der Waals surface area contributed by atoms with E-state index in [-0.39, 0.29) is 33.9 Å². The highest BCUT2D eigenvalue weighted by atomic mass is 32.2. The van der Waals surface area contributed by atoms with Crippen molar-refractivity contribution in [1.29, 1.82) is 0 Å². The molecule has 0 aliphatic carbocycles. The Kier molecular flexibility index (Phi) is 8.26. The number of hydrogen-bond acceptors (Lipinski definition) is 6. The summed E-state index contributed by atoms with van der Waals surface area (Å²) in [6.07, 6.45) is 4.56. The molecule has 0 unspecified atom stereocenters. The zero-order chi connectivity index (χ0) is 25.6. The van der Waals surface area contributed by atoms with Crippen molar-refractivity contribution < 1.29 is 32.8 Å². The molecule has 35 heavy (non-hydrogen) atoms. The number of phenols is 2. The first-order valence-corrected chi connectivity index (χ1v) is 12.6. The molecule has 0 heterocycles. The van der Waals surface area contributed by atoms with E-state index in [1.165, 1.54) is 30.3 Å². The highest BCUT2D eigenvalue weighted by Gasteiger charge is 2.18. The lowest BCUT2D eigenvalue weighted by Crippen LogP contribution is -2.13. The Labute approximate surface area is 204 Å². The molecular formula is C26H27NO7S. The minimum atomic E-state index is -4.47. The van der Waals surface area contributed by atoms with Crippen LogP contribution in [0.25, 0.3) is 0 Å². The van der Waals surface area contributed by atoms with Gasteiger partial charge in [0.25, 0.3) is 16.0 Å². The van der Waals surface area contributed by atoms with E-state index in [0.29, 0.717) is 12.0 Å². The molecule has 1 amide bonds. The number of aryl methyl sites for hydroxylation is 1. The zero-order valence-electron chi connectivity index (χ0n) is 19.2. The number of anilines is 1. The fourth-order valence-corrected chi connectivity index (χ4v) is 4.17. The number of carbonyl (C=O) groups excluding carboxylic acids is 2. The molecule has 0 aliphatic heterocycles. The van der Waals surface area contributed by atoms with Gasteiger partial charge in [0.2, 0.25) is 0 Å². The molecule has 0 aromatic heterocycles. The second-order valence-corrected chi connectivity index (χ2v) is 9.60. The first kappa shape index (κ1) is 25.9. The van der Waals surface area contributed by atoms with Gasteiger partial charge >= 0.3 is 0 Å². The molecule has 0 saturated carbocycles. The monoisotopic (exact) mass is 497 g/mol. The van der Waals surface area contributed by atoms with Gasteiger partial charge in [0, 0.05) is 22.9 Å². The molecule has 0 atom stereocenters. The number of rotatable bonds is 10. The van der Waals surface area contributed by atoms with Crippen LogP contribution >= 0.6 is 0 Å². The van der Waals surface area contributed by atoms with Crippen LogP contribution in [-0.4, -0.2) is 34.9 Å². The number of unbranched alkanes of at least 4 members (excludes halogenated alkanes) is 3. The Hall–Kier alpha value is -3.69. The Balaban J connectivity index is 1.81. The SMILES string of the molecule is CCCCCCc1cc(C(=O)c2cccc(NC(=O)c3cccc(S(=O)(=O)O)c3)c2)c(O)cc1O. The van der Waals surface area contributed by atoms with Crippen LogP contribution in [0, 0.1) is 0 Å².